The molecule has 0 bridgehead atoms. The fourth-order valence-electron chi connectivity index (χ4n) is 3.23. The van der Waals surface area contributed by atoms with Crippen molar-refractivity contribution < 1.29 is 19.4 Å². The van der Waals surface area contributed by atoms with Gasteiger partial charge in [0.1, 0.15) is 5.82 Å². The molecular weight excluding hydrogens is 650 g/mol. The molecule has 1 N–H and O–H groups in total. The lowest BCUT2D eigenvalue weighted by Crippen LogP contribution is -2.23. The number of nitrogens with zero attached hydrogens (tertiary/aromatic N) is 3. The molecule has 0 saturated heterocycles. The second-order valence-electron chi connectivity index (χ2n) is 7.61. The van der Waals surface area contributed by atoms with E-state index in [1.807, 2.05) is 19.1 Å². The van der Waals surface area contributed by atoms with Gasteiger partial charge in [-0.2, -0.15) is 9.78 Å². The molecule has 0 aliphatic rings. The van der Waals surface area contributed by atoms with Crippen LogP contribution in [0.15, 0.2) is 47.6 Å². The minimum atomic E-state index is -1.10. The highest BCUT2D eigenvalue weighted by Gasteiger charge is 2.22. The van der Waals surface area contributed by atoms with Crippen LogP contribution in [0.1, 0.15) is 45.0 Å². The number of hydrogen-bond acceptors (Lipinski definition) is 6. The fourth-order valence-corrected chi connectivity index (χ4v) is 4.50. The first-order valence-electron chi connectivity index (χ1n) is 11.0. The molecule has 0 unspecified atom stereocenters. The number of hydrogen-bond donors (Lipinski definition) is 1. The Balaban J connectivity index is 2.13. The number of halogens is 3. The van der Waals surface area contributed by atoms with E-state index in [1.165, 1.54) is 17.8 Å². The topological polar surface area (TPSA) is 103 Å². The highest BCUT2D eigenvalue weighted by atomic mass is 79.9. The van der Waals surface area contributed by atoms with E-state index >= 15 is 0 Å². The van der Waals surface area contributed by atoms with E-state index in [9.17, 15) is 14.7 Å². The quantitative estimate of drug-likeness (QED) is 0.259. The zero-order chi connectivity index (χ0) is 25.7. The van der Waals surface area contributed by atoms with Crippen molar-refractivity contribution >= 4 is 70.9 Å². The number of carboxylic acids is 1. The molecular formula is C24H24Br3N3O5. The molecule has 3 rings (SSSR count). The highest BCUT2D eigenvalue weighted by molar-refractivity contribution is 9.13. The Bertz CT molecular complexity index is 1340. The van der Waals surface area contributed by atoms with Gasteiger partial charge in [0.25, 0.3) is 5.56 Å². The van der Waals surface area contributed by atoms with Crippen LogP contribution < -0.4 is 15.0 Å². The van der Waals surface area contributed by atoms with Gasteiger partial charge in [-0.1, -0.05) is 29.3 Å². The Labute approximate surface area is 227 Å². The molecule has 0 radical (unpaired) electrons. The number of carbonyl (C=O) groups is 1. The molecule has 1 atom stereocenters. The lowest BCUT2D eigenvalue weighted by Gasteiger charge is -2.18. The Hall–Kier alpha value is -2.24. The predicted octanol–water partition coefficient (Wildman–Crippen LogP) is 6.16. The van der Waals surface area contributed by atoms with Crippen LogP contribution >= 0.6 is 47.8 Å². The first kappa shape index (κ1) is 27.3. The molecule has 0 aliphatic heterocycles. The van der Waals surface area contributed by atoms with Crippen LogP contribution in [-0.4, -0.2) is 39.7 Å². The molecule has 3 aromatic rings. The van der Waals surface area contributed by atoms with Crippen molar-refractivity contribution in [2.24, 2.45) is 5.10 Å². The number of fused-ring (bicyclic) bond motifs is 1. The van der Waals surface area contributed by atoms with Crippen molar-refractivity contribution in [3.63, 3.8) is 0 Å². The number of benzene rings is 2. The van der Waals surface area contributed by atoms with E-state index in [0.29, 0.717) is 50.0 Å². The van der Waals surface area contributed by atoms with Gasteiger partial charge in [0, 0.05) is 20.9 Å². The van der Waals surface area contributed by atoms with Crippen LogP contribution in [0.25, 0.3) is 10.9 Å². The smallest absolute Gasteiger partial charge is 0.344 e. The van der Waals surface area contributed by atoms with Crippen molar-refractivity contribution in [3.8, 4) is 11.5 Å². The number of carboxylic acid groups (broad SMARTS) is 1. The zero-order valence-corrected chi connectivity index (χ0v) is 24.1. The van der Waals surface area contributed by atoms with Crippen molar-refractivity contribution in [3.05, 3.63) is 59.4 Å². The van der Waals surface area contributed by atoms with E-state index < -0.39 is 12.1 Å². The molecule has 0 saturated carbocycles. The molecule has 35 heavy (non-hydrogen) atoms. The summed E-state index contributed by atoms with van der Waals surface area (Å²) in [5, 5.41) is 14.2. The van der Waals surface area contributed by atoms with Crippen molar-refractivity contribution in [2.75, 3.05) is 6.61 Å². The summed E-state index contributed by atoms with van der Waals surface area (Å²) < 4.78 is 14.5. The number of aryl methyl sites for hydroxylation is 1. The molecule has 2 aromatic carbocycles. The maximum absolute atomic E-state index is 13.3. The Morgan fingerprint density at radius 2 is 1.97 bits per heavy atom. The lowest BCUT2D eigenvalue weighted by atomic mass is 10.2. The molecule has 0 amide bonds. The Morgan fingerprint density at radius 3 is 2.63 bits per heavy atom. The molecule has 0 spiro atoms. The molecule has 0 fully saturated rings. The maximum Gasteiger partial charge on any atom is 0.344 e. The van der Waals surface area contributed by atoms with Crippen molar-refractivity contribution in [1.29, 1.82) is 0 Å². The molecule has 8 nitrogen and oxygen atoms in total. The summed E-state index contributed by atoms with van der Waals surface area (Å²) in [6.07, 6.45) is 2.86. The summed E-state index contributed by atoms with van der Waals surface area (Å²) in [5.41, 5.74) is 0.944. The number of ether oxygens (including phenoxy) is 2. The van der Waals surface area contributed by atoms with Gasteiger partial charge in [0.05, 0.1) is 28.2 Å². The third-order valence-electron chi connectivity index (χ3n) is 5.04. The number of aromatic nitrogens is 2. The number of unbranched alkanes of at least 4 members (excludes halogenated alkanes) is 1. The van der Waals surface area contributed by atoms with Crippen LogP contribution in [0.5, 0.6) is 11.5 Å². The van der Waals surface area contributed by atoms with Crippen LogP contribution in [0, 0.1) is 0 Å². The predicted molar refractivity (Wildman–Crippen MR) is 146 cm³/mol. The van der Waals surface area contributed by atoms with Gasteiger partial charge in [-0.3, -0.25) is 4.79 Å². The summed E-state index contributed by atoms with van der Waals surface area (Å²) in [4.78, 5) is 29.3. The molecule has 186 valence electrons. The van der Waals surface area contributed by atoms with Gasteiger partial charge < -0.3 is 14.6 Å². The second-order valence-corrected chi connectivity index (χ2v) is 10.1. The lowest BCUT2D eigenvalue weighted by molar-refractivity contribution is -0.144. The van der Waals surface area contributed by atoms with E-state index in [0.717, 1.165) is 17.3 Å². The summed E-state index contributed by atoms with van der Waals surface area (Å²) in [6.45, 7) is 5.66. The van der Waals surface area contributed by atoms with Gasteiger partial charge in [0.15, 0.2) is 17.6 Å². The third-order valence-corrected chi connectivity index (χ3v) is 7.68. The molecule has 1 heterocycles. The number of aliphatic carboxylic acids is 1. The average molecular weight is 674 g/mol. The zero-order valence-electron chi connectivity index (χ0n) is 19.3. The van der Waals surface area contributed by atoms with E-state index in [2.05, 4.69) is 64.8 Å². The standard InChI is InChI=1S/C24H24Br3N3O5/c1-4-6-7-19-29-17-9-8-15(25)11-16(17)23(31)30(19)28-12-14-10-18(34-5-2)22(21(27)20(14)26)35-13(3)24(32)33/h8-13H,4-7H2,1-3H3,(H,32,33)/t13-/m0/s1. The van der Waals surface area contributed by atoms with Crippen molar-refractivity contribution in [2.45, 2.75) is 46.1 Å². The summed E-state index contributed by atoms with van der Waals surface area (Å²) in [7, 11) is 0. The fraction of sp³-hybridized carbons (Fsp3) is 0.333. The maximum atomic E-state index is 13.3. The Morgan fingerprint density at radius 1 is 1.23 bits per heavy atom. The largest absolute Gasteiger partial charge is 0.490 e. The first-order chi connectivity index (χ1) is 16.7. The van der Waals surface area contributed by atoms with Crippen LogP contribution in [0.2, 0.25) is 0 Å². The Kier molecular flexibility index (Phi) is 9.48. The highest BCUT2D eigenvalue weighted by Crippen LogP contribution is 2.43. The van der Waals surface area contributed by atoms with E-state index in [1.54, 1.807) is 12.1 Å². The van der Waals surface area contributed by atoms with E-state index in [-0.39, 0.29) is 11.3 Å². The van der Waals surface area contributed by atoms with Crippen LogP contribution in [0.3, 0.4) is 0 Å². The van der Waals surface area contributed by atoms with Crippen LogP contribution in [0.4, 0.5) is 0 Å². The minimum absolute atomic E-state index is 0.254. The first-order valence-corrected chi connectivity index (χ1v) is 13.4. The van der Waals surface area contributed by atoms with Crippen molar-refractivity contribution in [1.82, 2.24) is 9.66 Å². The molecule has 11 heteroatoms. The average Bonchev–Trinajstić information content (AvgIpc) is 2.82. The summed E-state index contributed by atoms with van der Waals surface area (Å²) in [6, 6.07) is 7.07. The van der Waals surface area contributed by atoms with Gasteiger partial charge in [0.2, 0.25) is 0 Å². The van der Waals surface area contributed by atoms with E-state index in [4.69, 9.17) is 9.47 Å². The van der Waals surface area contributed by atoms with Gasteiger partial charge in [-0.25, -0.2) is 9.78 Å². The molecule has 0 aliphatic carbocycles. The second kappa shape index (κ2) is 12.1. The van der Waals surface area contributed by atoms with Gasteiger partial charge in [-0.15, -0.1) is 0 Å². The monoisotopic (exact) mass is 671 g/mol. The number of rotatable bonds is 10. The summed E-state index contributed by atoms with van der Waals surface area (Å²) in [5.74, 6) is 0.0638. The van der Waals surface area contributed by atoms with Gasteiger partial charge in [-0.05, 0) is 76.4 Å². The SMILES string of the molecule is CCCCc1nc2ccc(Br)cc2c(=O)n1N=Cc1cc(OCC)c(O[C@@H](C)C(=O)O)c(Br)c1Br. The third kappa shape index (κ3) is 6.31. The van der Waals surface area contributed by atoms with Crippen LogP contribution in [-0.2, 0) is 11.2 Å². The minimum Gasteiger partial charge on any atom is -0.490 e. The molecule has 1 aromatic heterocycles. The van der Waals surface area contributed by atoms with Gasteiger partial charge >= 0.3 is 5.97 Å². The summed E-state index contributed by atoms with van der Waals surface area (Å²) >= 11 is 10.4. The normalized spacial score (nSPS) is 12.3.